The first-order valence-electron chi connectivity index (χ1n) is 33.1. The van der Waals surface area contributed by atoms with E-state index in [1.165, 1.54) is 70.7 Å². The van der Waals surface area contributed by atoms with Crippen molar-refractivity contribution in [1.29, 1.82) is 0 Å². The summed E-state index contributed by atoms with van der Waals surface area (Å²) in [4.78, 5) is 169. The van der Waals surface area contributed by atoms with Crippen molar-refractivity contribution < 1.29 is 65.9 Å². The first-order valence-corrected chi connectivity index (χ1v) is 33.5. The fourth-order valence-corrected chi connectivity index (χ4v) is 13.8. The van der Waals surface area contributed by atoms with Gasteiger partial charge in [-0.25, -0.2) is 0 Å². The first kappa shape index (κ1) is 76.2. The van der Waals surface area contributed by atoms with Crippen molar-refractivity contribution >= 4 is 76.6 Å². The normalized spacial score (nSPS) is 26.0. The van der Waals surface area contributed by atoms with E-state index in [1.807, 2.05) is 27.7 Å². The molecule has 1 unspecified atom stereocenters. The second-order valence-corrected chi connectivity index (χ2v) is 27.6. The molecule has 22 nitrogen and oxygen atoms in total. The Labute approximate surface area is 546 Å². The molecule has 1 aromatic rings. The average Bonchev–Trinajstić information content (AvgIpc) is 1.70. The van der Waals surface area contributed by atoms with Crippen molar-refractivity contribution in [1.82, 2.24) is 55.6 Å². The Morgan fingerprint density at radius 3 is 1.89 bits per heavy atom. The van der Waals surface area contributed by atoms with Crippen molar-refractivity contribution in [2.75, 3.05) is 68.0 Å². The van der Waals surface area contributed by atoms with Gasteiger partial charge in [0, 0.05) is 60.8 Å². The minimum atomic E-state index is -4.74. The highest BCUT2D eigenvalue weighted by Gasteiger charge is 2.50. The largest absolute Gasteiger partial charge is 0.417 e. The summed E-state index contributed by atoms with van der Waals surface area (Å²) in [5.41, 5.74) is -2.25. The number of carbonyl (C=O) groups is 11. The summed E-state index contributed by atoms with van der Waals surface area (Å²) in [7, 11) is 7.23. The number of amides is 11. The third-order valence-electron chi connectivity index (χ3n) is 19.0. The summed E-state index contributed by atoms with van der Waals surface area (Å²) < 4.78 is 41.4. The van der Waals surface area contributed by atoms with E-state index in [-0.39, 0.29) is 76.3 Å². The molecule has 4 fully saturated rings. The smallest absolute Gasteiger partial charge is 0.351 e. The lowest BCUT2D eigenvalue weighted by Crippen LogP contribution is -2.64. The molecule has 0 bridgehead atoms. The van der Waals surface area contributed by atoms with Crippen molar-refractivity contribution in [3.63, 3.8) is 0 Å². The summed E-state index contributed by atoms with van der Waals surface area (Å²) in [6.45, 7) is 13.0. The maximum atomic E-state index is 15.0. The number of aryl methyl sites for hydroxylation is 1. The lowest BCUT2D eigenvalue weighted by molar-refractivity contribution is -0.150. The lowest BCUT2D eigenvalue weighted by Gasteiger charge is -2.39. The minimum Gasteiger partial charge on any atom is -0.351 e. The molecule has 2 heterocycles. The maximum Gasteiger partial charge on any atom is 0.417 e. The van der Waals surface area contributed by atoms with Crippen LogP contribution in [0.1, 0.15) is 176 Å². The SMILES string of the molecule is CCCN1CC(=O)N(C)[C@@H](CC2CCCCC2)C(=O)N(C)CC(=O)N[C@@H](CCc2ccc(C(F)(F)F)c(Cl)c2)C(=O)N2CCCC2C(=O)NC2(CCCC2)C(=O)N(C)[C@@H](C(C)C)C(=O)N[C@H](C)CC(=O)N(C)[C@@H](CC(C)C)C(=O)N[C@@H]([C@@H](C)CC)C(=O)N(C)CC1=O. The van der Waals surface area contributed by atoms with Crippen molar-refractivity contribution in [2.24, 2.45) is 23.7 Å². The van der Waals surface area contributed by atoms with Gasteiger partial charge in [0.25, 0.3) is 0 Å². The fourth-order valence-electron chi connectivity index (χ4n) is 13.5. The van der Waals surface area contributed by atoms with Gasteiger partial charge in [0.1, 0.15) is 41.8 Å². The van der Waals surface area contributed by atoms with Crippen molar-refractivity contribution in [3.05, 3.63) is 34.3 Å². The molecular formula is C66H103ClF3N11O11. The van der Waals surface area contributed by atoms with Crippen LogP contribution in [0.3, 0.4) is 0 Å². The van der Waals surface area contributed by atoms with Crippen LogP contribution in [0.25, 0.3) is 0 Å². The highest BCUT2D eigenvalue weighted by atomic mass is 35.5. The number of hydrogen-bond donors (Lipinski definition) is 4. The number of likely N-dealkylation sites (N-methyl/N-ethyl adjacent to an activating group) is 5. The van der Waals surface area contributed by atoms with E-state index in [0.29, 0.717) is 37.7 Å². The third-order valence-corrected chi connectivity index (χ3v) is 19.3. The first-order chi connectivity index (χ1) is 43.2. The molecule has 11 amide bonds. The molecule has 26 heteroatoms. The van der Waals surface area contributed by atoms with Crippen LogP contribution in [0.5, 0.6) is 0 Å². The molecule has 1 aromatic carbocycles. The number of alkyl halides is 3. The summed E-state index contributed by atoms with van der Waals surface area (Å²) in [6, 6.07) is -4.58. The van der Waals surface area contributed by atoms with Crippen LogP contribution in [-0.4, -0.2) is 215 Å². The van der Waals surface area contributed by atoms with Gasteiger partial charge in [-0.15, -0.1) is 0 Å². The zero-order valence-corrected chi connectivity index (χ0v) is 57.2. The number of nitrogens with one attached hydrogen (secondary N) is 4. The molecule has 2 aliphatic heterocycles. The summed E-state index contributed by atoms with van der Waals surface area (Å²) in [5.74, 6) is -7.69. The lowest BCUT2D eigenvalue weighted by atomic mass is 9.84. The number of hydrogen-bond acceptors (Lipinski definition) is 11. The molecule has 4 N–H and O–H groups in total. The van der Waals surface area contributed by atoms with E-state index in [9.17, 15) is 56.3 Å². The fraction of sp³-hybridized carbons (Fsp3) is 0.742. The van der Waals surface area contributed by atoms with E-state index in [4.69, 9.17) is 11.6 Å². The van der Waals surface area contributed by atoms with Crippen LogP contribution in [0, 0.1) is 23.7 Å². The third kappa shape index (κ3) is 20.0. The van der Waals surface area contributed by atoms with E-state index < -0.39 is 161 Å². The Hall–Kier alpha value is -6.53. The zero-order chi connectivity index (χ0) is 68.7. The molecule has 4 aliphatic rings. The molecule has 5 rings (SSSR count). The monoisotopic (exact) mass is 1320 g/mol. The van der Waals surface area contributed by atoms with E-state index in [2.05, 4.69) is 21.3 Å². The number of nitrogens with zero attached hydrogens (tertiary/aromatic N) is 7. The van der Waals surface area contributed by atoms with Crippen LogP contribution in [0.4, 0.5) is 13.2 Å². The van der Waals surface area contributed by atoms with Crippen molar-refractivity contribution in [2.45, 2.75) is 225 Å². The topological polar surface area (TPSA) is 259 Å². The summed E-state index contributed by atoms with van der Waals surface area (Å²) in [5, 5.41) is 11.0. The predicted molar refractivity (Wildman–Crippen MR) is 342 cm³/mol. The predicted octanol–water partition coefficient (Wildman–Crippen LogP) is 5.94. The Bertz CT molecular complexity index is 2800. The van der Waals surface area contributed by atoms with Gasteiger partial charge < -0.3 is 55.6 Å². The summed E-state index contributed by atoms with van der Waals surface area (Å²) >= 11 is 6.12. The Morgan fingerprint density at radius 1 is 0.674 bits per heavy atom. The molecule has 8 atom stereocenters. The Morgan fingerprint density at radius 2 is 1.30 bits per heavy atom. The Balaban J connectivity index is 1.56. The quantitative estimate of drug-likeness (QED) is 0.190. The number of carbonyl (C=O) groups excluding carboxylic acids is 11. The van der Waals surface area contributed by atoms with E-state index >= 15 is 9.59 Å². The van der Waals surface area contributed by atoms with Gasteiger partial charge in [0.05, 0.1) is 30.2 Å². The van der Waals surface area contributed by atoms with Gasteiger partial charge in [0.2, 0.25) is 65.0 Å². The minimum absolute atomic E-state index is 0.0329. The van der Waals surface area contributed by atoms with Crippen LogP contribution in [0.2, 0.25) is 5.02 Å². The van der Waals surface area contributed by atoms with Crippen LogP contribution >= 0.6 is 11.6 Å². The number of fused-ring (bicyclic) bond motifs is 1. The molecule has 516 valence electrons. The molecule has 0 radical (unpaired) electrons. The molecule has 2 aliphatic carbocycles. The van der Waals surface area contributed by atoms with Gasteiger partial charge >= 0.3 is 6.18 Å². The molecule has 0 aromatic heterocycles. The maximum absolute atomic E-state index is 15.0. The standard InChI is InChI=1S/C66H103ClF3N11O11/c1-14-31-80-39-54(84)78(12)51(36-44-22-17-16-18-23-44)62(90)75(9)37-52(82)72-48(28-26-45-25-27-46(47(67)35-45)66(68,69)70)61(89)81-32-21-24-49(81)59(87)74-65(29-19-20-30-65)64(92)79(13)57(41(5)6)60(88)71-43(8)34-53(83)77(11)50(33-40(3)4)58(86)73-56(42(7)15-2)63(91)76(10)38-55(80)85/h25,27,35,40-44,48-51,56-57H,14-24,26,28-34,36-39H2,1-13H3,(H,71,88)(H,72,82)(H,73,86)(H,74,87)/t42-,43+,48-,49?,50-,51-,56-,57-/m0/s1. The van der Waals surface area contributed by atoms with Gasteiger partial charge in [-0.05, 0) is 106 Å². The molecule has 92 heavy (non-hydrogen) atoms. The van der Waals surface area contributed by atoms with Crippen LogP contribution in [0.15, 0.2) is 18.2 Å². The molecular weight excluding hydrogens is 1220 g/mol. The van der Waals surface area contributed by atoms with E-state index in [1.54, 1.807) is 27.7 Å². The van der Waals surface area contributed by atoms with Crippen LogP contribution < -0.4 is 21.3 Å². The van der Waals surface area contributed by atoms with Gasteiger partial charge in [-0.3, -0.25) is 52.7 Å². The van der Waals surface area contributed by atoms with Gasteiger partial charge in [0.15, 0.2) is 0 Å². The molecule has 2 saturated carbocycles. The highest BCUT2D eigenvalue weighted by molar-refractivity contribution is 6.31. The zero-order valence-electron chi connectivity index (χ0n) is 56.5. The number of benzene rings is 1. The highest BCUT2D eigenvalue weighted by Crippen LogP contribution is 2.37. The number of halogens is 4. The number of rotatable bonds is 12. The van der Waals surface area contributed by atoms with Gasteiger partial charge in [-0.2, -0.15) is 13.2 Å². The van der Waals surface area contributed by atoms with E-state index in [0.717, 1.165) is 49.1 Å². The molecule has 2 saturated heterocycles. The van der Waals surface area contributed by atoms with Crippen molar-refractivity contribution in [3.8, 4) is 0 Å². The van der Waals surface area contributed by atoms with Gasteiger partial charge in [-0.1, -0.05) is 118 Å². The summed E-state index contributed by atoms with van der Waals surface area (Å²) in [6.07, 6.45) is 2.50. The molecule has 1 spiro atoms. The second kappa shape index (κ2) is 34.0. The Kier molecular flexibility index (Phi) is 28.2. The average molecular weight is 1320 g/mol. The van der Waals surface area contributed by atoms with Crippen LogP contribution in [-0.2, 0) is 65.3 Å². The second-order valence-electron chi connectivity index (χ2n) is 27.1.